The standard InChI is InChI=1S/C9H12O2/c10-9-8-6-2-1-5(3-6)7(8)4-11-9/h1-2,5-10H,3-4H2/t5-,6+,7-,8+,9+/m0/s1. The van der Waals surface area contributed by atoms with Gasteiger partial charge in [-0.05, 0) is 24.2 Å². The molecule has 3 rings (SSSR count). The van der Waals surface area contributed by atoms with Crippen LogP contribution in [0.2, 0.25) is 0 Å². The summed E-state index contributed by atoms with van der Waals surface area (Å²) >= 11 is 0. The van der Waals surface area contributed by atoms with Crippen molar-refractivity contribution in [1.29, 1.82) is 0 Å². The molecule has 0 spiro atoms. The van der Waals surface area contributed by atoms with Crippen LogP contribution in [0.4, 0.5) is 0 Å². The van der Waals surface area contributed by atoms with Crippen molar-refractivity contribution < 1.29 is 9.84 Å². The lowest BCUT2D eigenvalue weighted by molar-refractivity contribution is -0.0885. The Hall–Kier alpha value is -0.340. The average molecular weight is 152 g/mol. The van der Waals surface area contributed by atoms with Crippen molar-refractivity contribution in [3.63, 3.8) is 0 Å². The molecule has 0 unspecified atom stereocenters. The lowest BCUT2D eigenvalue weighted by Gasteiger charge is -2.19. The minimum absolute atomic E-state index is 0.421. The second-order valence-corrected chi connectivity index (χ2v) is 3.91. The maximum Gasteiger partial charge on any atom is 0.158 e. The predicted molar refractivity (Wildman–Crippen MR) is 39.7 cm³/mol. The third-order valence-electron chi connectivity index (χ3n) is 3.48. The summed E-state index contributed by atoms with van der Waals surface area (Å²) in [7, 11) is 0. The summed E-state index contributed by atoms with van der Waals surface area (Å²) in [5, 5.41) is 9.47. The molecule has 5 atom stereocenters. The van der Waals surface area contributed by atoms with Crippen LogP contribution in [-0.2, 0) is 4.74 Å². The van der Waals surface area contributed by atoms with Gasteiger partial charge in [-0.25, -0.2) is 0 Å². The highest BCUT2D eigenvalue weighted by atomic mass is 16.6. The van der Waals surface area contributed by atoms with Crippen LogP contribution in [0.1, 0.15) is 6.42 Å². The average Bonchev–Trinajstić information content (AvgIpc) is 2.60. The Morgan fingerprint density at radius 2 is 2.09 bits per heavy atom. The molecule has 2 nitrogen and oxygen atoms in total. The lowest BCUT2D eigenvalue weighted by Crippen LogP contribution is -2.23. The van der Waals surface area contributed by atoms with Crippen molar-refractivity contribution in [2.45, 2.75) is 12.7 Å². The molecule has 60 valence electrons. The SMILES string of the molecule is O[C@@H]1OC[C@@H]2[C@H]1[C@@H]1C=C[C@H]2C1. The van der Waals surface area contributed by atoms with E-state index in [0.29, 0.717) is 23.7 Å². The Morgan fingerprint density at radius 3 is 2.91 bits per heavy atom. The summed E-state index contributed by atoms with van der Waals surface area (Å²) in [6, 6.07) is 0. The van der Waals surface area contributed by atoms with Gasteiger partial charge in [-0.15, -0.1) is 0 Å². The molecule has 2 heteroatoms. The van der Waals surface area contributed by atoms with E-state index in [0.717, 1.165) is 6.61 Å². The zero-order valence-corrected chi connectivity index (χ0v) is 6.31. The van der Waals surface area contributed by atoms with E-state index in [1.165, 1.54) is 6.42 Å². The first-order valence-electron chi connectivity index (χ1n) is 4.34. The van der Waals surface area contributed by atoms with Crippen LogP contribution in [0.15, 0.2) is 12.2 Å². The van der Waals surface area contributed by atoms with Gasteiger partial charge < -0.3 is 9.84 Å². The highest BCUT2D eigenvalue weighted by molar-refractivity contribution is 5.15. The van der Waals surface area contributed by atoms with E-state index in [-0.39, 0.29) is 0 Å². The molecule has 11 heavy (non-hydrogen) atoms. The van der Waals surface area contributed by atoms with Crippen molar-refractivity contribution in [3.05, 3.63) is 12.2 Å². The highest BCUT2D eigenvalue weighted by Gasteiger charge is 2.51. The van der Waals surface area contributed by atoms with Crippen LogP contribution >= 0.6 is 0 Å². The van der Waals surface area contributed by atoms with E-state index < -0.39 is 6.29 Å². The lowest BCUT2D eigenvalue weighted by atomic mass is 9.85. The minimum atomic E-state index is -0.472. The van der Waals surface area contributed by atoms with Gasteiger partial charge in [0.25, 0.3) is 0 Å². The third-order valence-corrected chi connectivity index (χ3v) is 3.48. The fourth-order valence-electron chi connectivity index (χ4n) is 2.94. The largest absolute Gasteiger partial charge is 0.368 e. The Morgan fingerprint density at radius 1 is 1.27 bits per heavy atom. The number of aliphatic hydroxyl groups excluding tert-OH is 1. The van der Waals surface area contributed by atoms with E-state index in [4.69, 9.17) is 4.74 Å². The topological polar surface area (TPSA) is 29.5 Å². The summed E-state index contributed by atoms with van der Waals surface area (Å²) < 4.78 is 5.22. The zero-order chi connectivity index (χ0) is 7.42. The van der Waals surface area contributed by atoms with Gasteiger partial charge in [0, 0.05) is 5.92 Å². The number of hydrogen-bond acceptors (Lipinski definition) is 2. The molecule has 1 heterocycles. The molecular formula is C9H12O2. The second kappa shape index (κ2) is 1.87. The quantitative estimate of drug-likeness (QED) is 0.519. The van der Waals surface area contributed by atoms with Crippen LogP contribution in [0.5, 0.6) is 0 Å². The Kier molecular flexibility index (Phi) is 1.06. The van der Waals surface area contributed by atoms with Gasteiger partial charge in [0.1, 0.15) is 0 Å². The molecule has 0 aromatic rings. The summed E-state index contributed by atoms with van der Waals surface area (Å²) in [5.74, 6) is 2.37. The first-order chi connectivity index (χ1) is 5.36. The predicted octanol–water partition coefficient (Wildman–Crippen LogP) is 0.773. The zero-order valence-electron chi connectivity index (χ0n) is 6.31. The molecule has 0 aromatic carbocycles. The molecule has 0 amide bonds. The molecule has 1 saturated carbocycles. The normalized spacial score (nSPS) is 58.8. The number of fused-ring (bicyclic) bond motifs is 5. The second-order valence-electron chi connectivity index (χ2n) is 3.91. The molecule has 1 aliphatic heterocycles. The highest BCUT2D eigenvalue weighted by Crippen LogP contribution is 2.52. The van der Waals surface area contributed by atoms with Crippen LogP contribution in [0.3, 0.4) is 0 Å². The van der Waals surface area contributed by atoms with Crippen molar-refractivity contribution in [1.82, 2.24) is 0 Å². The van der Waals surface area contributed by atoms with Gasteiger partial charge in [-0.1, -0.05) is 12.2 Å². The van der Waals surface area contributed by atoms with Gasteiger partial charge in [-0.2, -0.15) is 0 Å². The van der Waals surface area contributed by atoms with Crippen LogP contribution in [0, 0.1) is 23.7 Å². The summed E-state index contributed by atoms with van der Waals surface area (Å²) in [4.78, 5) is 0. The Bertz CT molecular complexity index is 212. The molecule has 0 radical (unpaired) electrons. The van der Waals surface area contributed by atoms with E-state index in [1.54, 1.807) is 0 Å². The number of hydrogen-bond donors (Lipinski definition) is 1. The third kappa shape index (κ3) is 0.644. The maximum atomic E-state index is 9.47. The van der Waals surface area contributed by atoms with Crippen molar-refractivity contribution in [2.75, 3.05) is 6.61 Å². The van der Waals surface area contributed by atoms with E-state index in [9.17, 15) is 5.11 Å². The minimum Gasteiger partial charge on any atom is -0.368 e. The monoisotopic (exact) mass is 152 g/mol. The van der Waals surface area contributed by atoms with E-state index >= 15 is 0 Å². The van der Waals surface area contributed by atoms with E-state index in [1.807, 2.05) is 0 Å². The first-order valence-corrected chi connectivity index (χ1v) is 4.34. The van der Waals surface area contributed by atoms with Gasteiger partial charge in [0.05, 0.1) is 6.61 Å². The molecule has 1 saturated heterocycles. The molecule has 1 N–H and O–H groups in total. The number of ether oxygens (including phenoxy) is 1. The fraction of sp³-hybridized carbons (Fsp3) is 0.778. The summed E-state index contributed by atoms with van der Waals surface area (Å²) in [5.41, 5.74) is 0. The van der Waals surface area contributed by atoms with Gasteiger partial charge in [-0.3, -0.25) is 0 Å². The van der Waals surface area contributed by atoms with E-state index in [2.05, 4.69) is 12.2 Å². The van der Waals surface area contributed by atoms with Crippen molar-refractivity contribution in [2.24, 2.45) is 23.7 Å². The number of aliphatic hydroxyl groups is 1. The Balaban J connectivity index is 1.97. The number of rotatable bonds is 0. The summed E-state index contributed by atoms with van der Waals surface area (Å²) in [6.07, 6.45) is 5.34. The Labute approximate surface area is 65.9 Å². The number of allylic oxidation sites excluding steroid dienone is 2. The molecule has 2 fully saturated rings. The summed E-state index contributed by atoms with van der Waals surface area (Å²) in [6.45, 7) is 0.775. The smallest absolute Gasteiger partial charge is 0.158 e. The van der Waals surface area contributed by atoms with Crippen LogP contribution in [-0.4, -0.2) is 18.0 Å². The first kappa shape index (κ1) is 6.21. The van der Waals surface area contributed by atoms with Gasteiger partial charge in [0.15, 0.2) is 6.29 Å². The van der Waals surface area contributed by atoms with Crippen molar-refractivity contribution in [3.8, 4) is 0 Å². The molecule has 3 aliphatic rings. The van der Waals surface area contributed by atoms with Crippen molar-refractivity contribution >= 4 is 0 Å². The fourth-order valence-corrected chi connectivity index (χ4v) is 2.94. The molecule has 2 bridgehead atoms. The maximum absolute atomic E-state index is 9.47. The molecule has 2 aliphatic carbocycles. The van der Waals surface area contributed by atoms with Crippen LogP contribution < -0.4 is 0 Å². The van der Waals surface area contributed by atoms with Gasteiger partial charge >= 0.3 is 0 Å². The molecule has 0 aromatic heterocycles. The van der Waals surface area contributed by atoms with Gasteiger partial charge in [0.2, 0.25) is 0 Å². The molecular weight excluding hydrogens is 140 g/mol. The van der Waals surface area contributed by atoms with Crippen LogP contribution in [0.25, 0.3) is 0 Å².